The number of hydrogen-bond donors (Lipinski definition) is 1. The fourth-order valence-electron chi connectivity index (χ4n) is 2.30. The Bertz CT molecular complexity index is 856. The third-order valence-corrected chi connectivity index (χ3v) is 4.64. The van der Waals surface area contributed by atoms with Crippen LogP contribution in [0.4, 0.5) is 8.78 Å². The van der Waals surface area contributed by atoms with Gasteiger partial charge in [-0.15, -0.1) is 0 Å². The van der Waals surface area contributed by atoms with E-state index in [-0.39, 0.29) is 11.5 Å². The lowest BCUT2D eigenvalue weighted by Gasteiger charge is -2.14. The molecule has 0 saturated heterocycles. The van der Waals surface area contributed by atoms with E-state index in [0.29, 0.717) is 4.88 Å². The highest BCUT2D eigenvalue weighted by atomic mass is 32.1. The number of hydrogen-bond acceptors (Lipinski definition) is 3. The van der Waals surface area contributed by atoms with Crippen LogP contribution in [0.15, 0.2) is 30.6 Å². The molecule has 1 atom stereocenters. The Morgan fingerprint density at radius 2 is 2.18 bits per heavy atom. The van der Waals surface area contributed by atoms with E-state index in [1.807, 2.05) is 11.3 Å². The van der Waals surface area contributed by atoms with Crippen molar-refractivity contribution < 1.29 is 13.6 Å². The number of aromatic nitrogens is 2. The lowest BCUT2D eigenvalue weighted by Crippen LogP contribution is -2.27. The van der Waals surface area contributed by atoms with Crippen LogP contribution in [-0.4, -0.2) is 15.3 Å². The molecule has 1 amide bonds. The third kappa shape index (κ3) is 2.48. The van der Waals surface area contributed by atoms with Crippen molar-refractivity contribution in [2.45, 2.75) is 19.9 Å². The molecule has 2 heterocycles. The topological polar surface area (TPSA) is 46.4 Å². The number of carbonyl (C=O) groups excluding carboxylic acids is 1. The second-order valence-corrected chi connectivity index (χ2v) is 5.93. The summed E-state index contributed by atoms with van der Waals surface area (Å²) in [6.45, 7) is 3.48. The molecule has 7 heteroatoms. The molecule has 4 nitrogen and oxygen atoms in total. The van der Waals surface area contributed by atoms with Gasteiger partial charge >= 0.3 is 0 Å². The smallest absolute Gasteiger partial charge is 0.263 e. The minimum absolute atomic E-state index is 0.244. The molecule has 114 valence electrons. The summed E-state index contributed by atoms with van der Waals surface area (Å²) in [5.41, 5.74) is 1.02. The largest absolute Gasteiger partial charge is 0.345 e. The molecule has 22 heavy (non-hydrogen) atoms. The number of carbonyl (C=O) groups is 1. The summed E-state index contributed by atoms with van der Waals surface area (Å²) in [5.74, 6) is -1.62. The first-order valence-corrected chi connectivity index (χ1v) is 7.47. The van der Waals surface area contributed by atoms with Crippen LogP contribution in [0.25, 0.3) is 4.96 Å². The number of halogens is 2. The van der Waals surface area contributed by atoms with Crippen molar-refractivity contribution in [2.75, 3.05) is 0 Å². The average molecular weight is 321 g/mol. The molecule has 0 fully saturated rings. The molecule has 1 N–H and O–H groups in total. The molecular weight excluding hydrogens is 308 g/mol. The Kier molecular flexibility index (Phi) is 3.66. The first kappa shape index (κ1) is 14.6. The van der Waals surface area contributed by atoms with Crippen molar-refractivity contribution in [2.24, 2.45) is 0 Å². The van der Waals surface area contributed by atoms with E-state index in [1.54, 1.807) is 19.3 Å². The number of fused-ring (bicyclic) bond motifs is 1. The first-order valence-electron chi connectivity index (χ1n) is 6.65. The highest BCUT2D eigenvalue weighted by Crippen LogP contribution is 2.23. The van der Waals surface area contributed by atoms with Crippen LogP contribution in [-0.2, 0) is 0 Å². The van der Waals surface area contributed by atoms with Gasteiger partial charge in [0.05, 0.1) is 6.04 Å². The quantitative estimate of drug-likeness (QED) is 0.803. The van der Waals surface area contributed by atoms with Crippen molar-refractivity contribution in [3.05, 3.63) is 58.4 Å². The zero-order valence-corrected chi connectivity index (χ0v) is 12.7. The molecule has 0 aliphatic rings. The molecule has 1 aromatic carbocycles. The normalized spacial score (nSPS) is 12.5. The SMILES string of the molecule is Cc1c(C(=O)N[C@@H](C)c2ccc(F)cc2F)sc2nccn12. The minimum atomic E-state index is -0.675. The zero-order chi connectivity index (χ0) is 15.9. The van der Waals surface area contributed by atoms with Crippen molar-refractivity contribution >= 4 is 22.2 Å². The van der Waals surface area contributed by atoms with Crippen molar-refractivity contribution in [1.29, 1.82) is 0 Å². The summed E-state index contributed by atoms with van der Waals surface area (Å²) in [5, 5.41) is 2.73. The maximum absolute atomic E-state index is 13.7. The van der Waals surface area contributed by atoms with Gasteiger partial charge in [-0.05, 0) is 19.9 Å². The highest BCUT2D eigenvalue weighted by molar-refractivity contribution is 7.19. The molecule has 0 saturated carbocycles. The molecule has 2 aromatic heterocycles. The molecule has 0 radical (unpaired) electrons. The average Bonchev–Trinajstić information content (AvgIpc) is 3.02. The summed E-state index contributed by atoms with van der Waals surface area (Å²) in [4.78, 5) is 17.8. The summed E-state index contributed by atoms with van der Waals surface area (Å²) in [6, 6.07) is 2.75. The monoisotopic (exact) mass is 321 g/mol. The van der Waals surface area contributed by atoms with Gasteiger partial charge < -0.3 is 5.32 Å². The van der Waals surface area contributed by atoms with E-state index in [4.69, 9.17) is 0 Å². The number of benzene rings is 1. The Morgan fingerprint density at radius 3 is 2.86 bits per heavy atom. The maximum Gasteiger partial charge on any atom is 0.263 e. The summed E-state index contributed by atoms with van der Waals surface area (Å²) in [6.07, 6.45) is 3.44. The Hall–Kier alpha value is -2.28. The molecule has 0 unspecified atom stereocenters. The van der Waals surface area contributed by atoms with Crippen molar-refractivity contribution in [1.82, 2.24) is 14.7 Å². The summed E-state index contributed by atoms with van der Waals surface area (Å²) >= 11 is 1.27. The van der Waals surface area contributed by atoms with Crippen LogP contribution in [0.5, 0.6) is 0 Å². The van der Waals surface area contributed by atoms with Crippen LogP contribution < -0.4 is 5.32 Å². The van der Waals surface area contributed by atoms with Crippen LogP contribution in [0, 0.1) is 18.6 Å². The first-order chi connectivity index (χ1) is 10.5. The van der Waals surface area contributed by atoms with Crippen LogP contribution >= 0.6 is 11.3 Å². The van der Waals surface area contributed by atoms with Gasteiger partial charge in [-0.25, -0.2) is 13.8 Å². The molecule has 3 rings (SSSR count). The van der Waals surface area contributed by atoms with Gasteiger partial charge in [0, 0.05) is 29.7 Å². The van der Waals surface area contributed by atoms with Gasteiger partial charge in [-0.3, -0.25) is 9.20 Å². The number of aryl methyl sites for hydroxylation is 1. The molecular formula is C15H13F2N3OS. The van der Waals surface area contributed by atoms with Gasteiger partial charge in [-0.2, -0.15) is 0 Å². The zero-order valence-electron chi connectivity index (χ0n) is 11.9. The predicted molar refractivity (Wildman–Crippen MR) is 80.0 cm³/mol. The molecule has 0 spiro atoms. The number of thiazole rings is 1. The standard InChI is InChI=1S/C15H13F2N3OS/c1-8(11-4-3-10(16)7-12(11)17)19-14(21)13-9(2)20-6-5-18-15(20)22-13/h3-8H,1-2H3,(H,19,21)/t8-/m0/s1. The van der Waals surface area contributed by atoms with E-state index < -0.39 is 17.7 Å². The van der Waals surface area contributed by atoms with Crippen LogP contribution in [0.2, 0.25) is 0 Å². The van der Waals surface area contributed by atoms with Crippen LogP contribution in [0.1, 0.15) is 33.9 Å². The Morgan fingerprint density at radius 1 is 1.41 bits per heavy atom. The second kappa shape index (κ2) is 5.49. The fourth-order valence-corrected chi connectivity index (χ4v) is 3.29. The number of amides is 1. The summed E-state index contributed by atoms with van der Waals surface area (Å²) in [7, 11) is 0. The van der Waals surface area contributed by atoms with Gasteiger partial charge in [0.25, 0.3) is 5.91 Å². The predicted octanol–water partition coefficient (Wildman–Crippen LogP) is 3.47. The lowest BCUT2D eigenvalue weighted by molar-refractivity contribution is 0.0942. The second-order valence-electron chi connectivity index (χ2n) is 4.96. The molecule has 0 aliphatic heterocycles. The Labute approximate surface area is 129 Å². The van der Waals surface area contributed by atoms with Gasteiger partial charge in [-0.1, -0.05) is 17.4 Å². The number of imidazole rings is 1. The maximum atomic E-state index is 13.7. The van der Waals surface area contributed by atoms with E-state index in [0.717, 1.165) is 16.7 Å². The van der Waals surface area contributed by atoms with Gasteiger partial charge in [0.15, 0.2) is 4.96 Å². The summed E-state index contributed by atoms with van der Waals surface area (Å²) < 4.78 is 28.5. The third-order valence-electron chi connectivity index (χ3n) is 3.47. The van der Waals surface area contributed by atoms with E-state index >= 15 is 0 Å². The number of nitrogens with one attached hydrogen (secondary N) is 1. The number of nitrogens with zero attached hydrogens (tertiary/aromatic N) is 2. The lowest BCUT2D eigenvalue weighted by atomic mass is 10.1. The molecule has 0 bridgehead atoms. The van der Waals surface area contributed by atoms with Crippen LogP contribution in [0.3, 0.4) is 0 Å². The fraction of sp³-hybridized carbons (Fsp3) is 0.200. The number of rotatable bonds is 3. The van der Waals surface area contributed by atoms with Crippen molar-refractivity contribution in [3.63, 3.8) is 0 Å². The molecule has 0 aliphatic carbocycles. The molecule has 3 aromatic rings. The Balaban J connectivity index is 1.84. The highest BCUT2D eigenvalue weighted by Gasteiger charge is 2.20. The van der Waals surface area contributed by atoms with E-state index in [2.05, 4.69) is 10.3 Å². The van der Waals surface area contributed by atoms with Gasteiger partial charge in [0.2, 0.25) is 0 Å². The van der Waals surface area contributed by atoms with E-state index in [9.17, 15) is 13.6 Å². The van der Waals surface area contributed by atoms with E-state index in [1.165, 1.54) is 23.5 Å². The van der Waals surface area contributed by atoms with Crippen molar-refractivity contribution in [3.8, 4) is 0 Å². The van der Waals surface area contributed by atoms with Gasteiger partial charge in [0.1, 0.15) is 16.5 Å². The minimum Gasteiger partial charge on any atom is -0.345 e.